The second-order valence-electron chi connectivity index (χ2n) is 4.93. The Morgan fingerprint density at radius 3 is 1.78 bits per heavy atom. The number of aromatic hydroxyl groups is 1. The number of carboxylic acid groups (broad SMARTS) is 1. The van der Waals surface area contributed by atoms with Gasteiger partial charge < -0.3 is 10.2 Å². The van der Waals surface area contributed by atoms with Crippen LogP contribution in [0.15, 0.2) is 12.1 Å². The number of rotatable bonds is 5. The highest BCUT2D eigenvalue weighted by atomic mass is 16.4. The number of phenolic OH excluding ortho intramolecular Hbond substituents is 1. The molecular weight excluding hydrogens is 228 g/mol. The Morgan fingerprint density at radius 2 is 1.50 bits per heavy atom. The molecule has 18 heavy (non-hydrogen) atoms. The number of carboxylic acids is 1. The Kier molecular flexibility index (Phi) is 4.76. The standard InChI is InChI=1S/C15H22O3/c1-5-9(3)12-7-11(15(17)18)8-13(14(12)16)10(4)6-2/h7-10,16H,5-6H2,1-4H3,(H,17,18). The summed E-state index contributed by atoms with van der Waals surface area (Å²) in [6, 6.07) is 3.19. The van der Waals surface area contributed by atoms with E-state index in [0.29, 0.717) is 0 Å². The van der Waals surface area contributed by atoms with Crippen molar-refractivity contribution in [3.8, 4) is 5.75 Å². The van der Waals surface area contributed by atoms with Crippen LogP contribution in [0.2, 0.25) is 0 Å². The molecule has 0 spiro atoms. The summed E-state index contributed by atoms with van der Waals surface area (Å²) < 4.78 is 0. The molecule has 2 unspecified atom stereocenters. The van der Waals surface area contributed by atoms with Crippen LogP contribution in [0.5, 0.6) is 5.75 Å². The van der Waals surface area contributed by atoms with Crippen LogP contribution < -0.4 is 0 Å². The summed E-state index contributed by atoms with van der Waals surface area (Å²) in [6.45, 7) is 8.06. The van der Waals surface area contributed by atoms with Crippen LogP contribution in [-0.4, -0.2) is 16.2 Å². The third-order valence-electron chi connectivity index (χ3n) is 3.70. The highest BCUT2D eigenvalue weighted by Crippen LogP contribution is 2.37. The molecule has 3 nitrogen and oxygen atoms in total. The zero-order valence-electron chi connectivity index (χ0n) is 11.5. The highest BCUT2D eigenvalue weighted by Gasteiger charge is 2.19. The van der Waals surface area contributed by atoms with Gasteiger partial charge in [0.15, 0.2) is 0 Å². The van der Waals surface area contributed by atoms with E-state index in [0.717, 1.165) is 24.0 Å². The molecule has 2 atom stereocenters. The second kappa shape index (κ2) is 5.89. The Labute approximate surface area is 108 Å². The van der Waals surface area contributed by atoms with Gasteiger partial charge in [-0.2, -0.15) is 0 Å². The van der Waals surface area contributed by atoms with Crippen molar-refractivity contribution in [3.05, 3.63) is 28.8 Å². The first-order valence-electron chi connectivity index (χ1n) is 6.52. The third-order valence-corrected chi connectivity index (χ3v) is 3.70. The largest absolute Gasteiger partial charge is 0.507 e. The van der Waals surface area contributed by atoms with Gasteiger partial charge in [-0.15, -0.1) is 0 Å². The zero-order valence-corrected chi connectivity index (χ0v) is 11.5. The average Bonchev–Trinajstić information content (AvgIpc) is 2.36. The monoisotopic (exact) mass is 250 g/mol. The molecule has 3 heteroatoms. The summed E-state index contributed by atoms with van der Waals surface area (Å²) in [7, 11) is 0. The van der Waals surface area contributed by atoms with Gasteiger partial charge in [-0.1, -0.05) is 27.7 Å². The van der Waals surface area contributed by atoms with E-state index in [1.807, 2.05) is 27.7 Å². The van der Waals surface area contributed by atoms with E-state index in [9.17, 15) is 9.90 Å². The van der Waals surface area contributed by atoms with E-state index in [2.05, 4.69) is 0 Å². The summed E-state index contributed by atoms with van der Waals surface area (Å²) in [5, 5.41) is 19.5. The van der Waals surface area contributed by atoms with Crippen molar-refractivity contribution in [2.45, 2.75) is 52.4 Å². The van der Waals surface area contributed by atoms with Crippen molar-refractivity contribution < 1.29 is 15.0 Å². The Balaban J connectivity index is 3.42. The van der Waals surface area contributed by atoms with Crippen LogP contribution in [-0.2, 0) is 0 Å². The molecule has 0 radical (unpaired) electrons. The molecule has 0 heterocycles. The normalized spacial score (nSPS) is 14.2. The first-order chi connectivity index (χ1) is 8.42. The lowest BCUT2D eigenvalue weighted by atomic mass is 9.88. The predicted octanol–water partition coefficient (Wildman–Crippen LogP) is 4.12. The molecule has 1 rings (SSSR count). The van der Waals surface area contributed by atoms with Crippen molar-refractivity contribution in [1.82, 2.24) is 0 Å². The van der Waals surface area contributed by atoms with Crippen LogP contribution in [0.1, 0.15) is 73.9 Å². The Morgan fingerprint density at radius 1 is 1.11 bits per heavy atom. The van der Waals surface area contributed by atoms with Crippen molar-refractivity contribution in [2.75, 3.05) is 0 Å². The lowest BCUT2D eigenvalue weighted by Gasteiger charge is -2.19. The fourth-order valence-electron chi connectivity index (χ4n) is 1.99. The molecule has 0 aliphatic carbocycles. The summed E-state index contributed by atoms with van der Waals surface area (Å²) in [5.41, 5.74) is 1.75. The van der Waals surface area contributed by atoms with Crippen LogP contribution >= 0.6 is 0 Å². The van der Waals surface area contributed by atoms with Gasteiger partial charge >= 0.3 is 5.97 Å². The van der Waals surface area contributed by atoms with E-state index in [1.54, 1.807) is 12.1 Å². The average molecular weight is 250 g/mol. The van der Waals surface area contributed by atoms with Gasteiger partial charge in [0.2, 0.25) is 0 Å². The third kappa shape index (κ3) is 2.84. The van der Waals surface area contributed by atoms with E-state index < -0.39 is 5.97 Å². The quantitative estimate of drug-likeness (QED) is 0.826. The molecule has 0 saturated carbocycles. The van der Waals surface area contributed by atoms with Gasteiger partial charge in [0.25, 0.3) is 0 Å². The maximum absolute atomic E-state index is 11.2. The summed E-state index contributed by atoms with van der Waals surface area (Å²) in [6.07, 6.45) is 1.74. The molecule has 1 aromatic rings. The minimum Gasteiger partial charge on any atom is -0.507 e. The van der Waals surface area contributed by atoms with Gasteiger partial charge in [-0.05, 0) is 47.9 Å². The first-order valence-corrected chi connectivity index (χ1v) is 6.52. The molecule has 0 saturated heterocycles. The van der Waals surface area contributed by atoms with Crippen molar-refractivity contribution in [1.29, 1.82) is 0 Å². The van der Waals surface area contributed by atoms with Crippen LogP contribution in [0.25, 0.3) is 0 Å². The molecule has 0 fully saturated rings. The maximum atomic E-state index is 11.2. The topological polar surface area (TPSA) is 57.5 Å². The number of phenols is 1. The molecular formula is C15H22O3. The molecule has 1 aromatic carbocycles. The number of hydrogen-bond donors (Lipinski definition) is 2. The van der Waals surface area contributed by atoms with Crippen LogP contribution in [0.4, 0.5) is 0 Å². The van der Waals surface area contributed by atoms with Crippen molar-refractivity contribution >= 4 is 5.97 Å². The molecule has 0 aliphatic rings. The lowest BCUT2D eigenvalue weighted by molar-refractivity contribution is 0.0696. The van der Waals surface area contributed by atoms with Gasteiger partial charge in [0.05, 0.1) is 5.56 Å². The lowest BCUT2D eigenvalue weighted by Crippen LogP contribution is -2.04. The molecule has 0 bridgehead atoms. The zero-order chi connectivity index (χ0) is 13.9. The van der Waals surface area contributed by atoms with Gasteiger partial charge in [0, 0.05) is 0 Å². The SMILES string of the molecule is CCC(C)c1cc(C(=O)O)cc(C(C)CC)c1O. The van der Waals surface area contributed by atoms with E-state index in [1.165, 1.54) is 0 Å². The number of carbonyl (C=O) groups is 1. The van der Waals surface area contributed by atoms with Crippen molar-refractivity contribution in [2.24, 2.45) is 0 Å². The Bertz CT molecular complexity index is 406. The maximum Gasteiger partial charge on any atom is 0.335 e. The molecule has 0 aliphatic heterocycles. The first kappa shape index (κ1) is 14.6. The van der Waals surface area contributed by atoms with E-state index >= 15 is 0 Å². The van der Waals surface area contributed by atoms with Gasteiger partial charge in [-0.25, -0.2) is 4.79 Å². The fourth-order valence-corrected chi connectivity index (χ4v) is 1.99. The van der Waals surface area contributed by atoms with Crippen LogP contribution in [0, 0.1) is 0 Å². The van der Waals surface area contributed by atoms with Gasteiger partial charge in [0.1, 0.15) is 5.75 Å². The van der Waals surface area contributed by atoms with Crippen molar-refractivity contribution in [3.63, 3.8) is 0 Å². The molecule has 0 amide bonds. The minimum atomic E-state index is -0.941. The fraction of sp³-hybridized carbons (Fsp3) is 0.533. The number of aromatic carboxylic acids is 1. The second-order valence-corrected chi connectivity index (χ2v) is 4.93. The smallest absolute Gasteiger partial charge is 0.335 e. The Hall–Kier alpha value is -1.51. The molecule has 100 valence electrons. The summed E-state index contributed by atoms with van der Waals surface area (Å²) in [4.78, 5) is 11.2. The minimum absolute atomic E-state index is 0.159. The molecule has 0 aromatic heterocycles. The van der Waals surface area contributed by atoms with Crippen LogP contribution in [0.3, 0.4) is 0 Å². The predicted molar refractivity (Wildman–Crippen MR) is 72.5 cm³/mol. The summed E-state index contributed by atoms with van der Waals surface area (Å²) >= 11 is 0. The number of hydrogen-bond acceptors (Lipinski definition) is 2. The van der Waals surface area contributed by atoms with E-state index in [-0.39, 0.29) is 23.1 Å². The van der Waals surface area contributed by atoms with Gasteiger partial charge in [-0.3, -0.25) is 0 Å². The number of benzene rings is 1. The highest BCUT2D eigenvalue weighted by molar-refractivity contribution is 5.88. The van der Waals surface area contributed by atoms with E-state index in [4.69, 9.17) is 5.11 Å². The molecule has 2 N–H and O–H groups in total. The summed E-state index contributed by atoms with van der Waals surface area (Å²) in [5.74, 6) is -0.355.